The van der Waals surface area contributed by atoms with Crippen molar-refractivity contribution in [1.82, 2.24) is 0 Å². The van der Waals surface area contributed by atoms with Crippen LogP contribution in [0.25, 0.3) is 0 Å². The number of hydrogen-bond donors (Lipinski definition) is 1. The van der Waals surface area contributed by atoms with Gasteiger partial charge in [0, 0.05) is 0 Å². The van der Waals surface area contributed by atoms with Crippen molar-refractivity contribution in [3.63, 3.8) is 0 Å². The number of para-hydroxylation sites is 1. The van der Waals surface area contributed by atoms with Gasteiger partial charge in [-0.1, -0.05) is 49.4 Å². The van der Waals surface area contributed by atoms with Gasteiger partial charge in [0.25, 0.3) is 5.91 Å². The second-order valence-corrected chi connectivity index (χ2v) is 5.01. The number of rotatable bonds is 6. The molecule has 2 aromatic carbocycles. The van der Waals surface area contributed by atoms with Crippen molar-refractivity contribution < 1.29 is 18.7 Å². The number of carbonyl (C=O) groups excluding carboxylic acids is 2. The van der Waals surface area contributed by atoms with Crippen LogP contribution in [-0.2, 0) is 14.3 Å². The normalized spacial score (nSPS) is 11.6. The number of benzene rings is 2. The van der Waals surface area contributed by atoms with Gasteiger partial charge in [-0.2, -0.15) is 0 Å². The Bertz CT molecular complexity index is 673. The molecular formula is C18H18FNO3. The smallest absolute Gasteiger partial charge is 0.313 e. The lowest BCUT2D eigenvalue weighted by Crippen LogP contribution is -2.24. The molecule has 0 aliphatic rings. The van der Waals surface area contributed by atoms with Crippen LogP contribution in [0.5, 0.6) is 0 Å². The Labute approximate surface area is 134 Å². The summed E-state index contributed by atoms with van der Waals surface area (Å²) in [6, 6.07) is 15.0. The highest BCUT2D eigenvalue weighted by molar-refractivity contribution is 5.93. The average Bonchev–Trinajstić information content (AvgIpc) is 2.57. The molecule has 0 radical (unpaired) electrons. The summed E-state index contributed by atoms with van der Waals surface area (Å²) in [5, 5.41) is 2.37. The van der Waals surface area contributed by atoms with Crippen LogP contribution in [0.1, 0.15) is 24.8 Å². The summed E-state index contributed by atoms with van der Waals surface area (Å²) in [4.78, 5) is 23.9. The average molecular weight is 315 g/mol. The van der Waals surface area contributed by atoms with Gasteiger partial charge in [-0.15, -0.1) is 0 Å². The van der Waals surface area contributed by atoms with E-state index in [2.05, 4.69) is 5.32 Å². The summed E-state index contributed by atoms with van der Waals surface area (Å²) in [6.45, 7) is 1.43. The fourth-order valence-electron chi connectivity index (χ4n) is 2.21. The van der Waals surface area contributed by atoms with Crippen LogP contribution in [-0.4, -0.2) is 18.5 Å². The fraction of sp³-hybridized carbons (Fsp3) is 0.222. The molecule has 4 nitrogen and oxygen atoms in total. The van der Waals surface area contributed by atoms with E-state index in [9.17, 15) is 14.0 Å². The van der Waals surface area contributed by atoms with Gasteiger partial charge in [-0.25, -0.2) is 4.39 Å². The maximum atomic E-state index is 13.4. The molecule has 0 aliphatic heterocycles. The SMILES string of the molecule is CCC(C(=O)OCC(=O)Nc1ccccc1F)c1ccccc1. The Morgan fingerprint density at radius 1 is 1.09 bits per heavy atom. The fourth-order valence-corrected chi connectivity index (χ4v) is 2.21. The third kappa shape index (κ3) is 4.64. The summed E-state index contributed by atoms with van der Waals surface area (Å²) in [5.41, 5.74) is 0.901. The summed E-state index contributed by atoms with van der Waals surface area (Å²) >= 11 is 0. The molecule has 1 unspecified atom stereocenters. The zero-order chi connectivity index (χ0) is 16.7. The van der Waals surface area contributed by atoms with E-state index in [1.807, 2.05) is 37.3 Å². The van der Waals surface area contributed by atoms with E-state index in [-0.39, 0.29) is 5.69 Å². The Kier molecular flexibility index (Phi) is 5.86. The number of amides is 1. The van der Waals surface area contributed by atoms with Crippen LogP contribution < -0.4 is 5.32 Å². The van der Waals surface area contributed by atoms with E-state index in [1.165, 1.54) is 18.2 Å². The van der Waals surface area contributed by atoms with Crippen molar-refractivity contribution in [1.29, 1.82) is 0 Å². The summed E-state index contributed by atoms with van der Waals surface area (Å²) < 4.78 is 18.5. The van der Waals surface area contributed by atoms with Crippen LogP contribution in [0, 0.1) is 5.82 Å². The van der Waals surface area contributed by atoms with E-state index in [1.54, 1.807) is 6.07 Å². The molecule has 0 saturated carbocycles. The number of carbonyl (C=O) groups is 2. The molecule has 0 saturated heterocycles. The molecule has 2 rings (SSSR count). The minimum Gasteiger partial charge on any atom is -0.455 e. The third-order valence-corrected chi connectivity index (χ3v) is 3.39. The molecule has 0 spiro atoms. The molecule has 23 heavy (non-hydrogen) atoms. The molecule has 0 bridgehead atoms. The maximum absolute atomic E-state index is 13.4. The van der Waals surface area contributed by atoms with Crippen LogP contribution in [0.3, 0.4) is 0 Å². The maximum Gasteiger partial charge on any atom is 0.313 e. The number of anilines is 1. The first-order valence-corrected chi connectivity index (χ1v) is 7.37. The second kappa shape index (κ2) is 8.08. The number of esters is 1. The Morgan fingerprint density at radius 2 is 1.74 bits per heavy atom. The van der Waals surface area contributed by atoms with Gasteiger partial charge in [-0.3, -0.25) is 9.59 Å². The van der Waals surface area contributed by atoms with Gasteiger partial charge < -0.3 is 10.1 Å². The first-order chi connectivity index (χ1) is 11.1. The number of hydrogen-bond acceptors (Lipinski definition) is 3. The van der Waals surface area contributed by atoms with Gasteiger partial charge in [0.2, 0.25) is 0 Å². The van der Waals surface area contributed by atoms with Crippen LogP contribution in [0.4, 0.5) is 10.1 Å². The minimum atomic E-state index is -0.577. The first kappa shape index (κ1) is 16.7. The highest BCUT2D eigenvalue weighted by Crippen LogP contribution is 2.20. The molecule has 5 heteroatoms. The molecule has 1 atom stereocenters. The van der Waals surface area contributed by atoms with Gasteiger partial charge >= 0.3 is 5.97 Å². The zero-order valence-corrected chi connectivity index (χ0v) is 12.8. The van der Waals surface area contributed by atoms with Crippen LogP contribution in [0.15, 0.2) is 54.6 Å². The highest BCUT2D eigenvalue weighted by atomic mass is 19.1. The Morgan fingerprint density at radius 3 is 2.39 bits per heavy atom. The van der Waals surface area contributed by atoms with E-state index in [0.717, 1.165) is 5.56 Å². The second-order valence-electron chi connectivity index (χ2n) is 5.01. The number of halogens is 1. The standard InChI is InChI=1S/C18H18FNO3/c1-2-14(13-8-4-3-5-9-13)18(22)23-12-17(21)20-16-11-7-6-10-15(16)19/h3-11,14H,2,12H2,1H3,(H,20,21). The summed E-state index contributed by atoms with van der Waals surface area (Å²) in [5.74, 6) is -2.01. The van der Waals surface area contributed by atoms with Crippen molar-refractivity contribution >= 4 is 17.6 Å². The highest BCUT2D eigenvalue weighted by Gasteiger charge is 2.21. The van der Waals surface area contributed by atoms with E-state index < -0.39 is 30.2 Å². The zero-order valence-electron chi connectivity index (χ0n) is 12.8. The third-order valence-electron chi connectivity index (χ3n) is 3.39. The van der Waals surface area contributed by atoms with Crippen molar-refractivity contribution in [2.75, 3.05) is 11.9 Å². The lowest BCUT2D eigenvalue weighted by molar-refractivity contribution is -0.149. The predicted octanol–water partition coefficient (Wildman–Crippen LogP) is 3.50. The first-order valence-electron chi connectivity index (χ1n) is 7.37. The minimum absolute atomic E-state index is 0.0589. The lowest BCUT2D eigenvalue weighted by Gasteiger charge is -2.14. The number of ether oxygens (including phenoxy) is 1. The van der Waals surface area contributed by atoms with Crippen LogP contribution >= 0.6 is 0 Å². The number of nitrogens with one attached hydrogen (secondary N) is 1. The van der Waals surface area contributed by atoms with Crippen molar-refractivity contribution in [3.05, 3.63) is 66.0 Å². The Hall–Kier alpha value is -2.69. The summed E-state index contributed by atoms with van der Waals surface area (Å²) in [6.07, 6.45) is 0.567. The molecule has 1 amide bonds. The molecular weight excluding hydrogens is 297 g/mol. The lowest BCUT2D eigenvalue weighted by atomic mass is 9.97. The molecule has 0 aliphatic carbocycles. The van der Waals surface area contributed by atoms with Crippen LogP contribution in [0.2, 0.25) is 0 Å². The predicted molar refractivity (Wildman–Crippen MR) is 85.5 cm³/mol. The van der Waals surface area contributed by atoms with Gasteiger partial charge in [0.1, 0.15) is 5.82 Å². The Balaban J connectivity index is 1.90. The molecule has 1 N–H and O–H groups in total. The van der Waals surface area contributed by atoms with Gasteiger partial charge in [-0.05, 0) is 24.1 Å². The van der Waals surface area contributed by atoms with Gasteiger partial charge in [0.15, 0.2) is 6.61 Å². The molecule has 0 heterocycles. The largest absolute Gasteiger partial charge is 0.455 e. The molecule has 120 valence electrons. The quantitative estimate of drug-likeness (QED) is 0.830. The molecule has 0 fully saturated rings. The van der Waals surface area contributed by atoms with E-state index in [0.29, 0.717) is 6.42 Å². The van der Waals surface area contributed by atoms with Crippen molar-refractivity contribution in [2.24, 2.45) is 0 Å². The topological polar surface area (TPSA) is 55.4 Å². The molecule has 2 aromatic rings. The van der Waals surface area contributed by atoms with E-state index in [4.69, 9.17) is 4.74 Å². The monoisotopic (exact) mass is 315 g/mol. The van der Waals surface area contributed by atoms with Crippen molar-refractivity contribution in [2.45, 2.75) is 19.3 Å². The van der Waals surface area contributed by atoms with E-state index >= 15 is 0 Å². The molecule has 0 aromatic heterocycles. The summed E-state index contributed by atoms with van der Waals surface area (Å²) in [7, 11) is 0. The van der Waals surface area contributed by atoms with Gasteiger partial charge in [0.05, 0.1) is 11.6 Å². The van der Waals surface area contributed by atoms with Crippen molar-refractivity contribution in [3.8, 4) is 0 Å².